The van der Waals surface area contributed by atoms with Crippen molar-refractivity contribution in [1.29, 1.82) is 0 Å². The average Bonchev–Trinajstić information content (AvgIpc) is 3.00. The number of aromatic nitrogens is 3. The van der Waals surface area contributed by atoms with Gasteiger partial charge in [0.05, 0.1) is 18.8 Å². The van der Waals surface area contributed by atoms with Crippen LogP contribution >= 0.6 is 15.9 Å². The molecular formula is C17H19BrN4O3. The Labute approximate surface area is 154 Å². The van der Waals surface area contributed by atoms with Crippen molar-refractivity contribution >= 4 is 27.8 Å². The topological polar surface area (TPSA) is 78.3 Å². The summed E-state index contributed by atoms with van der Waals surface area (Å²) in [6.45, 7) is 5.46. The highest BCUT2D eigenvalue weighted by molar-refractivity contribution is 9.10. The number of hydrogen-bond acceptors (Lipinski definition) is 6. The number of carbonyl (C=O) groups is 1. The van der Waals surface area contributed by atoms with Crippen molar-refractivity contribution in [3.8, 4) is 5.75 Å². The molecule has 2 heterocycles. The first-order chi connectivity index (χ1) is 11.9. The summed E-state index contributed by atoms with van der Waals surface area (Å²) in [5.41, 5.74) is 1.95. The fraction of sp³-hybridized carbons (Fsp3) is 0.353. The van der Waals surface area contributed by atoms with E-state index in [2.05, 4.69) is 31.3 Å². The lowest BCUT2D eigenvalue weighted by Gasteiger charge is -2.29. The summed E-state index contributed by atoms with van der Waals surface area (Å²) in [7, 11) is 1.60. The summed E-state index contributed by atoms with van der Waals surface area (Å²) in [5, 5.41) is 7.41. The molecule has 0 radical (unpaired) electrons. The van der Waals surface area contributed by atoms with Gasteiger partial charge in [0, 0.05) is 15.7 Å². The van der Waals surface area contributed by atoms with E-state index in [0.29, 0.717) is 23.0 Å². The molecule has 1 aromatic heterocycles. The zero-order valence-corrected chi connectivity index (χ0v) is 16.0. The third-order valence-electron chi connectivity index (χ3n) is 3.84. The van der Waals surface area contributed by atoms with E-state index in [1.165, 1.54) is 6.33 Å². The fourth-order valence-corrected chi connectivity index (χ4v) is 3.22. The molecule has 0 aliphatic carbocycles. The van der Waals surface area contributed by atoms with Crippen molar-refractivity contribution in [2.24, 2.45) is 0 Å². The minimum absolute atomic E-state index is 0.227. The maximum atomic E-state index is 12.8. The lowest BCUT2D eigenvalue weighted by atomic mass is 9.95. The summed E-state index contributed by atoms with van der Waals surface area (Å²) < 4.78 is 13.5. The number of ether oxygens (including phenoxy) is 2. The zero-order valence-electron chi connectivity index (χ0n) is 14.4. The van der Waals surface area contributed by atoms with Crippen molar-refractivity contribution < 1.29 is 14.3 Å². The number of anilines is 1. The first-order valence-corrected chi connectivity index (χ1v) is 8.63. The Morgan fingerprint density at radius 2 is 2.16 bits per heavy atom. The van der Waals surface area contributed by atoms with Gasteiger partial charge in [0.15, 0.2) is 0 Å². The van der Waals surface area contributed by atoms with E-state index in [0.717, 1.165) is 10.0 Å². The maximum absolute atomic E-state index is 12.8. The molecule has 2 aromatic rings. The largest absolute Gasteiger partial charge is 0.496 e. The molecule has 0 fully saturated rings. The van der Waals surface area contributed by atoms with E-state index in [9.17, 15) is 4.79 Å². The number of methoxy groups -OCH3 is 1. The zero-order chi connectivity index (χ0) is 18.1. The fourth-order valence-electron chi connectivity index (χ4n) is 2.84. The number of allylic oxidation sites excluding steroid dienone is 1. The minimum Gasteiger partial charge on any atom is -0.496 e. The number of rotatable bonds is 4. The van der Waals surface area contributed by atoms with Gasteiger partial charge < -0.3 is 14.8 Å². The number of fused-ring (bicyclic) bond motifs is 1. The van der Waals surface area contributed by atoms with E-state index in [4.69, 9.17) is 9.47 Å². The first kappa shape index (κ1) is 17.5. The van der Waals surface area contributed by atoms with Crippen LogP contribution in [0.2, 0.25) is 0 Å². The van der Waals surface area contributed by atoms with E-state index >= 15 is 0 Å². The predicted molar refractivity (Wildman–Crippen MR) is 96.4 cm³/mol. The molecule has 1 aliphatic rings. The predicted octanol–water partition coefficient (Wildman–Crippen LogP) is 3.29. The molecule has 0 amide bonds. The highest BCUT2D eigenvalue weighted by Gasteiger charge is 2.36. The highest BCUT2D eigenvalue weighted by atomic mass is 79.9. The van der Waals surface area contributed by atoms with E-state index in [-0.39, 0.29) is 6.10 Å². The molecular weight excluding hydrogens is 388 g/mol. The van der Waals surface area contributed by atoms with Crippen molar-refractivity contribution in [3.63, 3.8) is 0 Å². The summed E-state index contributed by atoms with van der Waals surface area (Å²) in [5.74, 6) is 0.818. The van der Waals surface area contributed by atoms with Crippen molar-refractivity contribution in [3.05, 3.63) is 45.8 Å². The van der Waals surface area contributed by atoms with Gasteiger partial charge in [-0.2, -0.15) is 10.1 Å². The Morgan fingerprint density at radius 3 is 2.84 bits per heavy atom. The highest BCUT2D eigenvalue weighted by Crippen LogP contribution is 2.40. The number of nitrogens with zero attached hydrogens (tertiary/aromatic N) is 3. The molecule has 0 unspecified atom stereocenters. The molecule has 1 N–H and O–H groups in total. The molecule has 7 nitrogen and oxygen atoms in total. The number of hydrogen-bond donors (Lipinski definition) is 1. The van der Waals surface area contributed by atoms with Gasteiger partial charge in [-0.05, 0) is 39.0 Å². The van der Waals surface area contributed by atoms with Crippen molar-refractivity contribution in [2.45, 2.75) is 32.9 Å². The van der Waals surface area contributed by atoms with Gasteiger partial charge in [-0.25, -0.2) is 9.48 Å². The van der Waals surface area contributed by atoms with Gasteiger partial charge in [0.25, 0.3) is 0 Å². The lowest BCUT2D eigenvalue weighted by molar-refractivity contribution is -0.143. The second-order valence-electron chi connectivity index (χ2n) is 5.93. The summed E-state index contributed by atoms with van der Waals surface area (Å²) in [6.07, 6.45) is 1.22. The van der Waals surface area contributed by atoms with Gasteiger partial charge in [-0.3, -0.25) is 0 Å². The molecule has 0 bridgehead atoms. The third kappa shape index (κ3) is 3.26. The van der Waals surface area contributed by atoms with Gasteiger partial charge in [-0.15, -0.1) is 0 Å². The second kappa shape index (κ2) is 6.87. The Balaban J connectivity index is 2.19. The minimum atomic E-state index is -0.502. The lowest BCUT2D eigenvalue weighted by Crippen LogP contribution is -2.30. The van der Waals surface area contributed by atoms with Gasteiger partial charge in [0.1, 0.15) is 18.1 Å². The van der Waals surface area contributed by atoms with Crippen LogP contribution in [0.4, 0.5) is 5.95 Å². The summed E-state index contributed by atoms with van der Waals surface area (Å²) in [4.78, 5) is 17.0. The molecule has 1 aromatic carbocycles. The maximum Gasteiger partial charge on any atom is 0.338 e. The van der Waals surface area contributed by atoms with Crippen molar-refractivity contribution in [1.82, 2.24) is 14.8 Å². The van der Waals surface area contributed by atoms with Crippen LogP contribution in [-0.2, 0) is 9.53 Å². The molecule has 0 saturated heterocycles. The molecule has 8 heteroatoms. The Kier molecular flexibility index (Phi) is 4.80. The smallest absolute Gasteiger partial charge is 0.338 e. The van der Waals surface area contributed by atoms with Gasteiger partial charge in [0.2, 0.25) is 5.95 Å². The van der Waals surface area contributed by atoms with E-state index in [1.807, 2.05) is 39.0 Å². The van der Waals surface area contributed by atoms with Gasteiger partial charge in [-0.1, -0.05) is 15.9 Å². The van der Waals surface area contributed by atoms with Crippen LogP contribution in [0.15, 0.2) is 40.3 Å². The molecule has 132 valence electrons. The van der Waals surface area contributed by atoms with E-state index < -0.39 is 12.0 Å². The van der Waals surface area contributed by atoms with Crippen LogP contribution in [0.25, 0.3) is 0 Å². The van der Waals surface area contributed by atoms with Crippen LogP contribution < -0.4 is 10.1 Å². The van der Waals surface area contributed by atoms with Crippen molar-refractivity contribution in [2.75, 3.05) is 12.4 Å². The standard InChI is InChI=1S/C17H19BrN4O3/c1-9(2)25-16(23)14-10(3)21-17-19-8-20-22(17)15(14)12-7-11(18)5-6-13(12)24-4/h5-9,15H,1-4H3,(H,19,20,21)/t15-/m0/s1. The molecule has 1 aliphatic heterocycles. The molecule has 0 spiro atoms. The SMILES string of the molecule is COc1ccc(Br)cc1[C@H]1C(C(=O)OC(C)C)=C(C)Nc2ncnn21. The van der Waals surface area contributed by atoms with Gasteiger partial charge >= 0.3 is 5.97 Å². The number of esters is 1. The van der Waals surface area contributed by atoms with Crippen LogP contribution in [0, 0.1) is 0 Å². The first-order valence-electron chi connectivity index (χ1n) is 7.84. The number of benzene rings is 1. The molecule has 3 rings (SSSR count). The molecule has 25 heavy (non-hydrogen) atoms. The average molecular weight is 407 g/mol. The second-order valence-corrected chi connectivity index (χ2v) is 6.85. The number of carbonyl (C=O) groups excluding carboxylic acids is 1. The van der Waals surface area contributed by atoms with Crippen LogP contribution in [-0.4, -0.2) is 33.9 Å². The Hall–Kier alpha value is -2.35. The monoisotopic (exact) mass is 406 g/mol. The normalized spacial score (nSPS) is 16.5. The summed E-state index contributed by atoms with van der Waals surface area (Å²) in [6, 6.07) is 5.14. The van der Waals surface area contributed by atoms with Crippen LogP contribution in [0.1, 0.15) is 32.4 Å². The molecule has 0 saturated carbocycles. The van der Waals surface area contributed by atoms with Crippen LogP contribution in [0.5, 0.6) is 5.75 Å². The Bertz CT molecular complexity index is 844. The quantitative estimate of drug-likeness (QED) is 0.784. The van der Waals surface area contributed by atoms with E-state index in [1.54, 1.807) is 11.8 Å². The third-order valence-corrected chi connectivity index (χ3v) is 4.34. The number of halogens is 1. The number of nitrogens with one attached hydrogen (secondary N) is 1. The molecule has 1 atom stereocenters. The van der Waals surface area contributed by atoms with Crippen LogP contribution in [0.3, 0.4) is 0 Å². The Morgan fingerprint density at radius 1 is 1.40 bits per heavy atom. The summed E-state index contributed by atoms with van der Waals surface area (Å²) >= 11 is 3.49.